The van der Waals surface area contributed by atoms with Crippen LogP contribution in [0.2, 0.25) is 10.0 Å². The van der Waals surface area contributed by atoms with Crippen molar-refractivity contribution in [3.63, 3.8) is 0 Å². The van der Waals surface area contributed by atoms with Crippen molar-refractivity contribution in [3.8, 4) is 0 Å². The predicted octanol–water partition coefficient (Wildman–Crippen LogP) is 2.96. The van der Waals surface area contributed by atoms with Crippen LogP contribution in [0.3, 0.4) is 0 Å². The van der Waals surface area contributed by atoms with Gasteiger partial charge in [0.1, 0.15) is 11.9 Å². The van der Waals surface area contributed by atoms with Gasteiger partial charge < -0.3 is 11.1 Å². The standard InChI is InChI=1S/C16H13Cl2FN2O2/c17-12-2-1-3-13(18)11(12)8-14(15(20)22)21-16(23)9-4-6-10(19)7-5-9/h1-7,14H,8H2,(H2,20,22)(H,21,23)/t14-/m0/s1. The lowest BCUT2D eigenvalue weighted by Gasteiger charge is -2.17. The number of amides is 2. The SMILES string of the molecule is NC(=O)[C@H](Cc1c(Cl)cccc1Cl)NC(=O)c1ccc(F)cc1. The molecule has 2 rings (SSSR count). The lowest BCUT2D eigenvalue weighted by Crippen LogP contribution is -2.46. The van der Waals surface area contributed by atoms with E-state index < -0.39 is 23.7 Å². The first-order chi connectivity index (χ1) is 10.9. The van der Waals surface area contributed by atoms with Gasteiger partial charge in [0.25, 0.3) is 5.91 Å². The number of hydrogen-bond acceptors (Lipinski definition) is 2. The van der Waals surface area contributed by atoms with Crippen molar-refractivity contribution in [1.82, 2.24) is 5.32 Å². The lowest BCUT2D eigenvalue weighted by molar-refractivity contribution is -0.119. The average molecular weight is 355 g/mol. The number of carbonyl (C=O) groups is 2. The molecule has 0 spiro atoms. The molecule has 3 N–H and O–H groups in total. The van der Waals surface area contributed by atoms with Crippen molar-refractivity contribution in [2.75, 3.05) is 0 Å². The van der Waals surface area contributed by atoms with Gasteiger partial charge in [-0.15, -0.1) is 0 Å². The molecule has 0 fully saturated rings. The molecule has 2 aromatic carbocycles. The number of rotatable bonds is 5. The Labute approximate surface area is 142 Å². The van der Waals surface area contributed by atoms with Gasteiger partial charge in [-0.3, -0.25) is 9.59 Å². The third-order valence-electron chi connectivity index (χ3n) is 3.23. The Bertz CT molecular complexity index is 715. The van der Waals surface area contributed by atoms with E-state index in [1.54, 1.807) is 18.2 Å². The second-order valence-corrected chi connectivity index (χ2v) is 5.65. The van der Waals surface area contributed by atoms with Crippen LogP contribution in [0, 0.1) is 5.82 Å². The maximum Gasteiger partial charge on any atom is 0.251 e. The minimum Gasteiger partial charge on any atom is -0.368 e. The van der Waals surface area contributed by atoms with Gasteiger partial charge in [0.15, 0.2) is 0 Å². The highest BCUT2D eigenvalue weighted by Gasteiger charge is 2.22. The smallest absolute Gasteiger partial charge is 0.251 e. The van der Waals surface area contributed by atoms with E-state index in [0.29, 0.717) is 15.6 Å². The van der Waals surface area contributed by atoms with Crippen molar-refractivity contribution >= 4 is 35.0 Å². The van der Waals surface area contributed by atoms with E-state index in [2.05, 4.69) is 5.32 Å². The molecule has 0 aliphatic rings. The molecule has 0 saturated carbocycles. The number of benzene rings is 2. The Morgan fingerprint density at radius 3 is 2.17 bits per heavy atom. The third-order valence-corrected chi connectivity index (χ3v) is 3.93. The molecule has 0 aromatic heterocycles. The van der Waals surface area contributed by atoms with Crippen molar-refractivity contribution in [1.29, 1.82) is 0 Å². The maximum absolute atomic E-state index is 12.9. The Kier molecular flexibility index (Phi) is 5.58. The fraction of sp³-hybridized carbons (Fsp3) is 0.125. The number of nitrogens with one attached hydrogen (secondary N) is 1. The fourth-order valence-corrected chi connectivity index (χ4v) is 2.55. The molecule has 4 nitrogen and oxygen atoms in total. The molecule has 7 heteroatoms. The molecule has 23 heavy (non-hydrogen) atoms. The second kappa shape index (κ2) is 7.44. The van der Waals surface area contributed by atoms with Crippen LogP contribution in [0.15, 0.2) is 42.5 Å². The monoisotopic (exact) mass is 354 g/mol. The molecule has 2 amide bonds. The summed E-state index contributed by atoms with van der Waals surface area (Å²) in [6.45, 7) is 0. The van der Waals surface area contributed by atoms with Gasteiger partial charge in [-0.25, -0.2) is 4.39 Å². The summed E-state index contributed by atoms with van der Waals surface area (Å²) in [6, 6.07) is 8.86. The highest BCUT2D eigenvalue weighted by atomic mass is 35.5. The van der Waals surface area contributed by atoms with Gasteiger partial charge in [-0.2, -0.15) is 0 Å². The summed E-state index contributed by atoms with van der Waals surface area (Å²) < 4.78 is 12.9. The fourth-order valence-electron chi connectivity index (χ4n) is 2.00. The number of halogens is 3. The first-order valence-electron chi connectivity index (χ1n) is 6.67. The largest absolute Gasteiger partial charge is 0.368 e. The summed E-state index contributed by atoms with van der Waals surface area (Å²) in [7, 11) is 0. The molecule has 0 aliphatic heterocycles. The van der Waals surface area contributed by atoms with E-state index in [1.807, 2.05) is 0 Å². The van der Waals surface area contributed by atoms with Crippen molar-refractivity contribution < 1.29 is 14.0 Å². The average Bonchev–Trinajstić information content (AvgIpc) is 2.50. The third kappa shape index (κ3) is 4.43. The first kappa shape index (κ1) is 17.2. The number of nitrogens with two attached hydrogens (primary N) is 1. The maximum atomic E-state index is 12.9. The zero-order valence-corrected chi connectivity index (χ0v) is 13.4. The van der Waals surface area contributed by atoms with Gasteiger partial charge in [-0.05, 0) is 42.0 Å². The Morgan fingerprint density at radius 1 is 1.09 bits per heavy atom. The van der Waals surface area contributed by atoms with Crippen molar-refractivity contribution in [2.24, 2.45) is 5.73 Å². The molecule has 0 saturated heterocycles. The summed E-state index contributed by atoms with van der Waals surface area (Å²) >= 11 is 12.1. The zero-order chi connectivity index (χ0) is 17.0. The Hall–Kier alpha value is -2.11. The van der Waals surface area contributed by atoms with Crippen LogP contribution in [0.25, 0.3) is 0 Å². The molecule has 0 aliphatic carbocycles. The summed E-state index contributed by atoms with van der Waals surface area (Å²) in [4.78, 5) is 23.7. The Morgan fingerprint density at radius 2 is 1.65 bits per heavy atom. The van der Waals surface area contributed by atoms with E-state index in [4.69, 9.17) is 28.9 Å². The zero-order valence-electron chi connectivity index (χ0n) is 11.9. The molecule has 0 bridgehead atoms. The second-order valence-electron chi connectivity index (χ2n) is 4.84. The molecule has 120 valence electrons. The van der Waals surface area contributed by atoms with Crippen molar-refractivity contribution in [3.05, 3.63) is 69.5 Å². The summed E-state index contributed by atoms with van der Waals surface area (Å²) in [5, 5.41) is 3.25. The highest BCUT2D eigenvalue weighted by Crippen LogP contribution is 2.25. The van der Waals surface area contributed by atoms with Crippen LogP contribution in [-0.2, 0) is 11.2 Å². The van der Waals surface area contributed by atoms with Gasteiger partial charge in [-0.1, -0.05) is 29.3 Å². The molecule has 2 aromatic rings. The van der Waals surface area contributed by atoms with Crippen LogP contribution in [0.4, 0.5) is 4.39 Å². The first-order valence-corrected chi connectivity index (χ1v) is 7.42. The van der Waals surface area contributed by atoms with Gasteiger partial charge in [0.05, 0.1) is 0 Å². The highest BCUT2D eigenvalue weighted by molar-refractivity contribution is 6.36. The normalized spacial score (nSPS) is 11.8. The number of hydrogen-bond donors (Lipinski definition) is 2. The van der Waals surface area contributed by atoms with Crippen LogP contribution < -0.4 is 11.1 Å². The van der Waals surface area contributed by atoms with Gasteiger partial charge >= 0.3 is 0 Å². The molecular formula is C16H13Cl2FN2O2. The van der Waals surface area contributed by atoms with Crippen LogP contribution in [0.5, 0.6) is 0 Å². The Balaban J connectivity index is 2.17. The molecule has 1 atom stereocenters. The van der Waals surface area contributed by atoms with Crippen LogP contribution in [0.1, 0.15) is 15.9 Å². The topological polar surface area (TPSA) is 72.2 Å². The van der Waals surface area contributed by atoms with E-state index >= 15 is 0 Å². The quantitative estimate of drug-likeness (QED) is 0.866. The minimum atomic E-state index is -0.995. The van der Waals surface area contributed by atoms with Crippen LogP contribution >= 0.6 is 23.2 Å². The summed E-state index contributed by atoms with van der Waals surface area (Å²) in [5.74, 6) is -1.73. The minimum absolute atomic E-state index is 0.0563. The van der Waals surface area contributed by atoms with E-state index in [0.717, 1.165) is 12.1 Å². The molecular weight excluding hydrogens is 342 g/mol. The van der Waals surface area contributed by atoms with Crippen LogP contribution in [-0.4, -0.2) is 17.9 Å². The lowest BCUT2D eigenvalue weighted by atomic mass is 10.0. The van der Waals surface area contributed by atoms with E-state index in [1.165, 1.54) is 12.1 Å². The summed E-state index contributed by atoms with van der Waals surface area (Å²) in [6.07, 6.45) is 0.0563. The van der Waals surface area contributed by atoms with E-state index in [-0.39, 0.29) is 12.0 Å². The van der Waals surface area contributed by atoms with Gasteiger partial charge in [0, 0.05) is 22.0 Å². The molecule has 0 unspecified atom stereocenters. The van der Waals surface area contributed by atoms with Crippen molar-refractivity contribution in [2.45, 2.75) is 12.5 Å². The molecule has 0 radical (unpaired) electrons. The van der Waals surface area contributed by atoms with Gasteiger partial charge in [0.2, 0.25) is 5.91 Å². The molecule has 0 heterocycles. The van der Waals surface area contributed by atoms with E-state index in [9.17, 15) is 14.0 Å². The number of carbonyl (C=O) groups excluding carboxylic acids is 2. The predicted molar refractivity (Wildman–Crippen MR) is 87.0 cm³/mol. The summed E-state index contributed by atoms with van der Waals surface area (Å²) in [5.41, 5.74) is 6.06. The number of primary amides is 1.